The zero-order chi connectivity index (χ0) is 16.1. The molecule has 2 N–H and O–H groups in total. The minimum absolute atomic E-state index is 0.165. The van der Waals surface area contributed by atoms with Crippen LogP contribution >= 0.6 is 0 Å². The van der Waals surface area contributed by atoms with Gasteiger partial charge in [-0.1, -0.05) is 26.7 Å². The van der Waals surface area contributed by atoms with Crippen molar-refractivity contribution in [2.75, 3.05) is 13.1 Å². The van der Waals surface area contributed by atoms with Crippen LogP contribution < -0.4 is 5.43 Å². The van der Waals surface area contributed by atoms with E-state index in [0.29, 0.717) is 30.4 Å². The second-order valence-corrected chi connectivity index (χ2v) is 6.65. The Morgan fingerprint density at radius 1 is 1.18 bits per heavy atom. The van der Waals surface area contributed by atoms with Gasteiger partial charge in [0.2, 0.25) is 5.43 Å². The van der Waals surface area contributed by atoms with E-state index in [-0.39, 0.29) is 12.4 Å². The Balaban J connectivity index is 2.37. The van der Waals surface area contributed by atoms with Gasteiger partial charge in [0.05, 0.1) is 12.3 Å². The van der Waals surface area contributed by atoms with Crippen molar-refractivity contribution in [3.8, 4) is 5.75 Å². The fourth-order valence-corrected chi connectivity index (χ4v) is 3.13. The van der Waals surface area contributed by atoms with E-state index in [4.69, 9.17) is 0 Å². The van der Waals surface area contributed by atoms with Gasteiger partial charge in [-0.25, -0.2) is 0 Å². The van der Waals surface area contributed by atoms with Crippen molar-refractivity contribution in [1.82, 2.24) is 9.47 Å². The first-order valence-corrected chi connectivity index (χ1v) is 8.30. The molecule has 0 unspecified atom stereocenters. The number of aromatic nitrogens is 1. The maximum atomic E-state index is 12.0. The van der Waals surface area contributed by atoms with Gasteiger partial charge in [-0.2, -0.15) is 0 Å². The summed E-state index contributed by atoms with van der Waals surface area (Å²) in [5.41, 5.74) is 0.836. The molecular formula is C17H28N2O3. The highest BCUT2D eigenvalue weighted by molar-refractivity contribution is 5.30. The van der Waals surface area contributed by atoms with Crippen LogP contribution in [0, 0.1) is 5.92 Å². The molecule has 2 heterocycles. The first-order valence-electron chi connectivity index (χ1n) is 8.30. The van der Waals surface area contributed by atoms with Gasteiger partial charge in [-0.05, 0) is 31.8 Å². The Labute approximate surface area is 132 Å². The summed E-state index contributed by atoms with van der Waals surface area (Å²) in [4.78, 5) is 14.3. The van der Waals surface area contributed by atoms with E-state index in [1.165, 1.54) is 18.9 Å². The molecule has 0 atom stereocenters. The normalized spacial score (nSPS) is 16.9. The molecule has 1 aliphatic heterocycles. The van der Waals surface area contributed by atoms with Crippen molar-refractivity contribution in [1.29, 1.82) is 0 Å². The number of hydrogen-bond acceptors (Lipinski definition) is 4. The average Bonchev–Trinajstić information content (AvgIpc) is 2.74. The lowest BCUT2D eigenvalue weighted by Gasteiger charge is -2.25. The Morgan fingerprint density at radius 2 is 1.82 bits per heavy atom. The van der Waals surface area contributed by atoms with E-state index in [1.54, 1.807) is 0 Å². The maximum absolute atomic E-state index is 12.0. The number of aliphatic hydroxyl groups excluding tert-OH is 1. The van der Waals surface area contributed by atoms with Crippen LogP contribution in [0.3, 0.4) is 0 Å². The van der Waals surface area contributed by atoms with Crippen LogP contribution in [-0.2, 0) is 19.7 Å². The Hall–Kier alpha value is -1.33. The van der Waals surface area contributed by atoms with Gasteiger partial charge in [0, 0.05) is 24.8 Å². The van der Waals surface area contributed by atoms with Crippen molar-refractivity contribution in [3.05, 3.63) is 27.7 Å². The third-order valence-electron chi connectivity index (χ3n) is 4.26. The highest BCUT2D eigenvalue weighted by Gasteiger charge is 2.19. The number of likely N-dealkylation sites (tertiary alicyclic amines) is 1. The molecular weight excluding hydrogens is 280 g/mol. The standard InChI is InChI=1S/C17H28N2O3/c1-13(2)10-19-14(12-20)9-16(21)17(22)15(19)11-18-7-5-3-4-6-8-18/h9,13,20,22H,3-8,10-12H2,1-2H3. The van der Waals surface area contributed by atoms with Crippen molar-refractivity contribution >= 4 is 0 Å². The summed E-state index contributed by atoms with van der Waals surface area (Å²) in [6.45, 7) is 7.25. The molecule has 0 aliphatic carbocycles. The van der Waals surface area contributed by atoms with Crippen LogP contribution in [-0.4, -0.2) is 32.8 Å². The lowest BCUT2D eigenvalue weighted by Crippen LogP contribution is -2.29. The quantitative estimate of drug-likeness (QED) is 0.874. The summed E-state index contributed by atoms with van der Waals surface area (Å²) in [5, 5.41) is 19.8. The summed E-state index contributed by atoms with van der Waals surface area (Å²) >= 11 is 0. The summed E-state index contributed by atoms with van der Waals surface area (Å²) in [6, 6.07) is 1.35. The molecule has 1 aliphatic rings. The smallest absolute Gasteiger partial charge is 0.223 e. The largest absolute Gasteiger partial charge is 0.503 e. The molecule has 0 bridgehead atoms. The predicted octanol–water partition coefficient (Wildman–Crippen LogP) is 2.08. The van der Waals surface area contributed by atoms with Gasteiger partial charge >= 0.3 is 0 Å². The molecule has 124 valence electrons. The number of nitrogens with zero attached hydrogens (tertiary/aromatic N) is 2. The molecule has 0 radical (unpaired) electrons. The van der Waals surface area contributed by atoms with E-state index >= 15 is 0 Å². The van der Waals surface area contributed by atoms with Crippen molar-refractivity contribution in [2.24, 2.45) is 5.92 Å². The van der Waals surface area contributed by atoms with Crippen LogP contribution in [0.25, 0.3) is 0 Å². The molecule has 22 heavy (non-hydrogen) atoms. The fraction of sp³-hybridized carbons (Fsp3) is 0.706. The third-order valence-corrected chi connectivity index (χ3v) is 4.26. The molecule has 0 amide bonds. The zero-order valence-electron chi connectivity index (χ0n) is 13.7. The summed E-state index contributed by atoms with van der Waals surface area (Å²) in [5.74, 6) is 0.206. The summed E-state index contributed by atoms with van der Waals surface area (Å²) in [6.07, 6.45) is 4.82. The third kappa shape index (κ3) is 4.11. The monoisotopic (exact) mass is 308 g/mol. The minimum Gasteiger partial charge on any atom is -0.503 e. The lowest BCUT2D eigenvalue weighted by molar-refractivity contribution is 0.245. The minimum atomic E-state index is -0.395. The van der Waals surface area contributed by atoms with Gasteiger partial charge in [0.15, 0.2) is 5.75 Å². The summed E-state index contributed by atoms with van der Waals surface area (Å²) in [7, 11) is 0. The van der Waals surface area contributed by atoms with E-state index in [0.717, 1.165) is 25.9 Å². The predicted molar refractivity (Wildman–Crippen MR) is 86.9 cm³/mol. The van der Waals surface area contributed by atoms with Gasteiger partial charge in [0.25, 0.3) is 0 Å². The number of rotatable bonds is 5. The van der Waals surface area contributed by atoms with E-state index in [2.05, 4.69) is 18.7 Å². The maximum Gasteiger partial charge on any atom is 0.223 e. The van der Waals surface area contributed by atoms with Crippen LogP contribution in [0.2, 0.25) is 0 Å². The van der Waals surface area contributed by atoms with Crippen LogP contribution in [0.5, 0.6) is 5.75 Å². The molecule has 2 rings (SSSR count). The van der Waals surface area contributed by atoms with Crippen LogP contribution in [0.15, 0.2) is 10.9 Å². The zero-order valence-corrected chi connectivity index (χ0v) is 13.7. The topological polar surface area (TPSA) is 65.7 Å². The molecule has 0 aromatic carbocycles. The molecule has 1 fully saturated rings. The Bertz CT molecular complexity index is 544. The van der Waals surface area contributed by atoms with Crippen molar-refractivity contribution in [3.63, 3.8) is 0 Å². The molecule has 1 saturated heterocycles. The first kappa shape index (κ1) is 17.0. The van der Waals surface area contributed by atoms with Gasteiger partial charge in [0.1, 0.15) is 0 Å². The first-order chi connectivity index (χ1) is 10.5. The van der Waals surface area contributed by atoms with Crippen molar-refractivity contribution < 1.29 is 10.2 Å². The molecule has 5 nitrogen and oxygen atoms in total. The summed E-state index contributed by atoms with van der Waals surface area (Å²) < 4.78 is 1.92. The van der Waals surface area contributed by atoms with Gasteiger partial charge in [-0.3, -0.25) is 9.69 Å². The van der Waals surface area contributed by atoms with Crippen LogP contribution in [0.4, 0.5) is 0 Å². The highest BCUT2D eigenvalue weighted by Crippen LogP contribution is 2.21. The molecule has 1 aromatic heterocycles. The molecule has 0 spiro atoms. The second-order valence-electron chi connectivity index (χ2n) is 6.65. The number of hydrogen-bond donors (Lipinski definition) is 2. The number of aliphatic hydroxyl groups is 1. The number of pyridine rings is 1. The molecule has 1 aromatic rings. The Kier molecular flexibility index (Phi) is 6.03. The lowest BCUT2D eigenvalue weighted by atomic mass is 10.1. The van der Waals surface area contributed by atoms with Crippen LogP contribution in [0.1, 0.15) is 50.9 Å². The van der Waals surface area contributed by atoms with E-state index < -0.39 is 5.43 Å². The second kappa shape index (κ2) is 7.79. The highest BCUT2D eigenvalue weighted by atomic mass is 16.3. The fourth-order valence-electron chi connectivity index (χ4n) is 3.13. The molecule has 0 saturated carbocycles. The number of aromatic hydroxyl groups is 1. The van der Waals surface area contributed by atoms with Crippen molar-refractivity contribution in [2.45, 2.75) is 59.2 Å². The SMILES string of the molecule is CC(C)Cn1c(CO)cc(=O)c(O)c1CN1CCCCCC1. The average molecular weight is 308 g/mol. The van der Waals surface area contributed by atoms with E-state index in [9.17, 15) is 15.0 Å². The van der Waals surface area contributed by atoms with Gasteiger partial charge < -0.3 is 14.8 Å². The molecule has 5 heteroatoms. The Morgan fingerprint density at radius 3 is 2.36 bits per heavy atom. The van der Waals surface area contributed by atoms with Gasteiger partial charge in [-0.15, -0.1) is 0 Å². The van der Waals surface area contributed by atoms with E-state index in [1.807, 2.05) is 4.57 Å².